The molecular formula is C39H22N2O. The molecule has 0 amide bonds. The number of fused-ring (bicyclic) bond motifs is 10. The summed E-state index contributed by atoms with van der Waals surface area (Å²) >= 11 is 0. The van der Waals surface area contributed by atoms with Crippen LogP contribution in [0, 0.1) is 11.3 Å². The number of nitrogens with zero attached hydrogens (tertiary/aromatic N) is 2. The van der Waals surface area contributed by atoms with Gasteiger partial charge in [-0.2, -0.15) is 5.26 Å². The molecule has 0 aliphatic carbocycles. The molecule has 7 aromatic carbocycles. The summed E-state index contributed by atoms with van der Waals surface area (Å²) in [5.41, 5.74) is 7.94. The van der Waals surface area contributed by atoms with Crippen LogP contribution in [0.3, 0.4) is 0 Å². The Hall–Kier alpha value is -5.85. The zero-order valence-electron chi connectivity index (χ0n) is 22.5. The van der Waals surface area contributed by atoms with E-state index in [4.69, 9.17) is 4.42 Å². The van der Waals surface area contributed by atoms with Crippen LogP contribution in [-0.4, -0.2) is 4.57 Å². The molecule has 0 saturated carbocycles. The van der Waals surface area contributed by atoms with Gasteiger partial charge in [0.15, 0.2) is 0 Å². The maximum absolute atomic E-state index is 9.51. The van der Waals surface area contributed by atoms with Crippen molar-refractivity contribution in [3.8, 4) is 22.9 Å². The molecule has 194 valence electrons. The Morgan fingerprint density at radius 3 is 2.05 bits per heavy atom. The van der Waals surface area contributed by atoms with E-state index in [1.54, 1.807) is 0 Å². The molecule has 3 heteroatoms. The number of hydrogen-bond acceptors (Lipinski definition) is 2. The fourth-order valence-corrected chi connectivity index (χ4v) is 6.71. The van der Waals surface area contributed by atoms with Gasteiger partial charge in [-0.3, -0.25) is 0 Å². The van der Waals surface area contributed by atoms with Crippen LogP contribution in [0.2, 0.25) is 0 Å². The fraction of sp³-hybridized carbons (Fsp3) is 0. The van der Waals surface area contributed by atoms with Crippen molar-refractivity contribution in [2.45, 2.75) is 0 Å². The van der Waals surface area contributed by atoms with E-state index in [1.807, 2.05) is 18.2 Å². The molecule has 0 aliphatic rings. The summed E-state index contributed by atoms with van der Waals surface area (Å²) in [5.74, 6) is 0. The van der Waals surface area contributed by atoms with Gasteiger partial charge >= 0.3 is 0 Å². The summed E-state index contributed by atoms with van der Waals surface area (Å²) in [6.45, 7) is 0. The van der Waals surface area contributed by atoms with E-state index in [0.717, 1.165) is 55.2 Å². The molecule has 0 aliphatic heterocycles. The minimum absolute atomic E-state index is 0.666. The first-order chi connectivity index (χ1) is 20.8. The van der Waals surface area contributed by atoms with Gasteiger partial charge in [0, 0.05) is 32.8 Å². The highest BCUT2D eigenvalue weighted by Gasteiger charge is 2.19. The van der Waals surface area contributed by atoms with Crippen LogP contribution in [0.15, 0.2) is 138 Å². The first kappa shape index (κ1) is 22.9. The molecule has 0 saturated heterocycles. The maximum Gasteiger partial charge on any atom is 0.143 e. The normalized spacial score (nSPS) is 11.8. The molecule has 3 nitrogen and oxygen atoms in total. The SMILES string of the molecule is N#Cc1ccc2c(c1)c1ccccc1n2-c1ccc(-c2cc3ccccc3c3c2oc2ccc4ccccc4c23)cc1. The van der Waals surface area contributed by atoms with Crippen molar-refractivity contribution in [3.05, 3.63) is 139 Å². The third-order valence-electron chi connectivity index (χ3n) is 8.59. The van der Waals surface area contributed by atoms with Crippen LogP contribution in [0.5, 0.6) is 0 Å². The van der Waals surface area contributed by atoms with E-state index < -0.39 is 0 Å². The van der Waals surface area contributed by atoms with Gasteiger partial charge in [-0.25, -0.2) is 0 Å². The summed E-state index contributed by atoms with van der Waals surface area (Å²) in [4.78, 5) is 0. The molecule has 0 fully saturated rings. The minimum atomic E-state index is 0.666. The van der Waals surface area contributed by atoms with Crippen molar-refractivity contribution in [2.24, 2.45) is 0 Å². The lowest BCUT2D eigenvalue weighted by Crippen LogP contribution is -1.94. The number of aromatic nitrogens is 1. The minimum Gasteiger partial charge on any atom is -0.455 e. The second-order valence-electron chi connectivity index (χ2n) is 10.9. The van der Waals surface area contributed by atoms with Crippen LogP contribution < -0.4 is 0 Å². The first-order valence-electron chi connectivity index (χ1n) is 14.1. The third kappa shape index (κ3) is 3.15. The Kier molecular flexibility index (Phi) is 4.68. The Morgan fingerprint density at radius 1 is 0.548 bits per heavy atom. The number of furan rings is 1. The zero-order chi connectivity index (χ0) is 27.8. The van der Waals surface area contributed by atoms with Crippen LogP contribution in [-0.2, 0) is 0 Å². The van der Waals surface area contributed by atoms with Gasteiger partial charge in [-0.1, -0.05) is 84.9 Å². The lowest BCUT2D eigenvalue weighted by molar-refractivity contribution is 0.670. The Labute approximate surface area is 241 Å². The van der Waals surface area contributed by atoms with Gasteiger partial charge < -0.3 is 8.98 Å². The number of hydrogen-bond donors (Lipinski definition) is 0. The summed E-state index contributed by atoms with van der Waals surface area (Å²) in [6.07, 6.45) is 0. The van der Waals surface area contributed by atoms with Gasteiger partial charge in [-0.05, 0) is 75.6 Å². The van der Waals surface area contributed by atoms with Crippen molar-refractivity contribution >= 4 is 65.3 Å². The molecule has 0 atom stereocenters. The number of rotatable bonds is 2. The van der Waals surface area contributed by atoms with Crippen molar-refractivity contribution in [3.63, 3.8) is 0 Å². The summed E-state index contributed by atoms with van der Waals surface area (Å²) in [5, 5.41) is 18.9. The van der Waals surface area contributed by atoms with Crippen molar-refractivity contribution < 1.29 is 4.42 Å². The quantitative estimate of drug-likeness (QED) is 0.221. The highest BCUT2D eigenvalue weighted by molar-refractivity contribution is 6.28. The molecule has 0 spiro atoms. The predicted molar refractivity (Wildman–Crippen MR) is 173 cm³/mol. The lowest BCUT2D eigenvalue weighted by Gasteiger charge is -2.11. The monoisotopic (exact) mass is 534 g/mol. The molecular weight excluding hydrogens is 512 g/mol. The van der Waals surface area contributed by atoms with Crippen LogP contribution in [0.1, 0.15) is 5.56 Å². The van der Waals surface area contributed by atoms with Gasteiger partial charge in [0.25, 0.3) is 0 Å². The molecule has 0 bridgehead atoms. The van der Waals surface area contributed by atoms with Crippen LogP contribution >= 0.6 is 0 Å². The van der Waals surface area contributed by atoms with Crippen molar-refractivity contribution in [1.82, 2.24) is 4.57 Å². The third-order valence-corrected chi connectivity index (χ3v) is 8.59. The van der Waals surface area contributed by atoms with Gasteiger partial charge in [0.1, 0.15) is 11.2 Å². The van der Waals surface area contributed by atoms with E-state index in [2.05, 4.69) is 126 Å². The van der Waals surface area contributed by atoms with Crippen LogP contribution in [0.4, 0.5) is 0 Å². The topological polar surface area (TPSA) is 41.9 Å². The number of benzene rings is 7. The highest BCUT2D eigenvalue weighted by Crippen LogP contribution is 2.43. The summed E-state index contributed by atoms with van der Waals surface area (Å²) in [7, 11) is 0. The van der Waals surface area contributed by atoms with Gasteiger partial charge in [-0.15, -0.1) is 0 Å². The second-order valence-corrected chi connectivity index (χ2v) is 10.9. The summed E-state index contributed by atoms with van der Waals surface area (Å²) in [6, 6.07) is 48.9. The van der Waals surface area contributed by atoms with E-state index in [1.165, 1.54) is 26.9 Å². The Balaban J connectivity index is 1.29. The average Bonchev–Trinajstić information content (AvgIpc) is 3.61. The molecule has 0 unspecified atom stereocenters. The molecule has 9 rings (SSSR count). The summed E-state index contributed by atoms with van der Waals surface area (Å²) < 4.78 is 8.94. The van der Waals surface area contributed by atoms with E-state index in [-0.39, 0.29) is 0 Å². The maximum atomic E-state index is 9.51. The van der Waals surface area contributed by atoms with Gasteiger partial charge in [0.05, 0.1) is 22.7 Å². The second kappa shape index (κ2) is 8.57. The number of para-hydroxylation sites is 1. The largest absolute Gasteiger partial charge is 0.455 e. The lowest BCUT2D eigenvalue weighted by atomic mass is 9.95. The first-order valence-corrected chi connectivity index (χ1v) is 14.1. The Morgan fingerprint density at radius 2 is 1.24 bits per heavy atom. The molecule has 0 N–H and O–H groups in total. The van der Waals surface area contributed by atoms with E-state index in [9.17, 15) is 5.26 Å². The molecule has 9 aromatic rings. The van der Waals surface area contributed by atoms with E-state index >= 15 is 0 Å². The highest BCUT2D eigenvalue weighted by atomic mass is 16.3. The van der Waals surface area contributed by atoms with E-state index in [0.29, 0.717) is 5.56 Å². The Bertz CT molecular complexity index is 2580. The van der Waals surface area contributed by atoms with Crippen LogP contribution in [0.25, 0.3) is 82.1 Å². The molecule has 42 heavy (non-hydrogen) atoms. The van der Waals surface area contributed by atoms with Gasteiger partial charge in [0.2, 0.25) is 0 Å². The number of nitriles is 1. The fourth-order valence-electron chi connectivity index (χ4n) is 6.71. The predicted octanol–water partition coefficient (Wildman–Crippen LogP) is 10.5. The smallest absolute Gasteiger partial charge is 0.143 e. The standard InChI is InChI=1S/C39H22N2O/c40-23-24-13-19-35-33(21-24)31-11-5-6-12-34(31)41(35)28-17-14-26(15-18-28)32-22-27-8-2-4-10-30(27)38-37-29-9-3-1-7-25(29)16-20-36(37)42-39(32)38/h1-22H. The van der Waals surface area contributed by atoms with Crippen molar-refractivity contribution in [1.29, 1.82) is 5.26 Å². The molecule has 2 aromatic heterocycles. The molecule has 2 heterocycles. The zero-order valence-corrected chi connectivity index (χ0v) is 22.5. The van der Waals surface area contributed by atoms with Crippen molar-refractivity contribution in [2.75, 3.05) is 0 Å². The average molecular weight is 535 g/mol. The molecule has 0 radical (unpaired) electrons.